The quantitative estimate of drug-likeness (QED) is 0.192. The summed E-state index contributed by atoms with van der Waals surface area (Å²) < 4.78 is 2.43. The highest BCUT2D eigenvalue weighted by Gasteiger charge is 2.17. The molecule has 5 aromatic carbocycles. The second-order valence-electron chi connectivity index (χ2n) is 11.3. The fourth-order valence-corrected chi connectivity index (χ4v) is 7.42. The minimum absolute atomic E-state index is 0.624. The summed E-state index contributed by atoms with van der Waals surface area (Å²) in [5.74, 6) is 1.91. The Morgan fingerprint density at radius 1 is 0.404 bits per heavy atom. The molecule has 0 aliphatic rings. The van der Waals surface area contributed by atoms with Crippen molar-refractivity contribution in [1.82, 2.24) is 24.9 Å². The molecule has 5 nitrogen and oxygen atoms in total. The van der Waals surface area contributed by atoms with Crippen LogP contribution in [0.3, 0.4) is 0 Å². The van der Waals surface area contributed by atoms with Crippen LogP contribution in [0.5, 0.6) is 0 Å². The Balaban J connectivity index is 1.19. The lowest BCUT2D eigenvalue weighted by molar-refractivity contribution is 1.07. The van der Waals surface area contributed by atoms with Crippen molar-refractivity contribution >= 4 is 42.4 Å². The minimum atomic E-state index is 0.624. The molecular weight excluding hydrogens is 595 g/mol. The number of hydrogen-bond acceptors (Lipinski definition) is 6. The molecule has 0 atom stereocenters. The van der Waals surface area contributed by atoms with Crippen LogP contribution in [0.2, 0.25) is 0 Å². The van der Waals surface area contributed by atoms with Crippen LogP contribution in [0, 0.1) is 0 Å². The van der Waals surface area contributed by atoms with Gasteiger partial charge in [0.25, 0.3) is 0 Å². The van der Waals surface area contributed by atoms with Gasteiger partial charge in [-0.2, -0.15) is 0 Å². The van der Waals surface area contributed by atoms with E-state index in [1.807, 2.05) is 79.1 Å². The van der Waals surface area contributed by atoms with Crippen molar-refractivity contribution in [1.29, 1.82) is 0 Å². The fraction of sp³-hybridized carbons (Fsp3) is 0. The van der Waals surface area contributed by atoms with Crippen molar-refractivity contribution in [2.45, 2.75) is 0 Å². The third-order valence-corrected chi connectivity index (χ3v) is 9.64. The number of thiophene rings is 1. The second-order valence-corrected chi connectivity index (χ2v) is 12.4. The van der Waals surface area contributed by atoms with E-state index in [-0.39, 0.29) is 0 Å². The Bertz CT molecular complexity index is 2520. The summed E-state index contributed by atoms with van der Waals surface area (Å²) in [6.07, 6.45) is 3.77. The molecule has 220 valence electrons. The van der Waals surface area contributed by atoms with Crippen LogP contribution in [-0.4, -0.2) is 24.9 Å². The molecule has 0 aliphatic heterocycles. The molecule has 6 heteroatoms. The molecule has 0 saturated carbocycles. The number of fused-ring (bicyclic) bond motifs is 4. The van der Waals surface area contributed by atoms with Gasteiger partial charge in [0.1, 0.15) is 0 Å². The van der Waals surface area contributed by atoms with E-state index in [4.69, 9.17) is 24.9 Å². The summed E-state index contributed by atoms with van der Waals surface area (Å²) in [5, 5.41) is 3.54. The van der Waals surface area contributed by atoms with Crippen molar-refractivity contribution in [3.8, 4) is 56.5 Å². The van der Waals surface area contributed by atoms with Gasteiger partial charge in [0.2, 0.25) is 0 Å². The van der Waals surface area contributed by atoms with Gasteiger partial charge in [0.05, 0.1) is 15.9 Å². The van der Waals surface area contributed by atoms with Gasteiger partial charge in [-0.3, -0.25) is 9.97 Å². The van der Waals surface area contributed by atoms with Crippen molar-refractivity contribution in [2.24, 2.45) is 0 Å². The number of benzene rings is 5. The van der Waals surface area contributed by atoms with Crippen molar-refractivity contribution < 1.29 is 0 Å². The van der Waals surface area contributed by atoms with Gasteiger partial charge in [-0.1, -0.05) is 109 Å². The number of nitrogens with zero attached hydrogens (tertiary/aromatic N) is 5. The first kappa shape index (κ1) is 27.2. The third kappa shape index (κ3) is 4.83. The first-order valence-electron chi connectivity index (χ1n) is 15.4. The van der Waals surface area contributed by atoms with E-state index in [9.17, 15) is 0 Å². The largest absolute Gasteiger partial charge is 0.256 e. The predicted molar refractivity (Wildman–Crippen MR) is 193 cm³/mol. The Labute approximate surface area is 275 Å². The van der Waals surface area contributed by atoms with Gasteiger partial charge < -0.3 is 0 Å². The highest BCUT2D eigenvalue weighted by atomic mass is 32.1. The lowest BCUT2D eigenvalue weighted by atomic mass is 9.95. The van der Waals surface area contributed by atoms with Crippen LogP contribution >= 0.6 is 11.3 Å². The molecule has 0 spiro atoms. The number of rotatable bonds is 5. The van der Waals surface area contributed by atoms with Gasteiger partial charge >= 0.3 is 0 Å². The molecular formula is C41H25N5S. The highest BCUT2D eigenvalue weighted by molar-refractivity contribution is 7.26. The standard InChI is InChI=1S/C41H25N5S/c1-3-11-26(12-4-1)39-44-40(27-13-5-2-6-14-27)46-41(45-39)29-16-9-15-28(25-29)30-20-21-34(36-32(30)18-10-23-42-36)37-38-33(22-24-43-37)31-17-7-8-19-35(31)47-38/h1-25H. The van der Waals surface area contributed by atoms with Crippen LogP contribution in [0.4, 0.5) is 0 Å². The van der Waals surface area contributed by atoms with Crippen molar-refractivity contribution in [3.05, 3.63) is 152 Å². The molecule has 9 aromatic rings. The molecule has 4 heterocycles. The number of aromatic nitrogens is 5. The molecule has 0 bridgehead atoms. The molecule has 4 aromatic heterocycles. The van der Waals surface area contributed by atoms with Crippen LogP contribution in [-0.2, 0) is 0 Å². The predicted octanol–water partition coefficient (Wildman–Crippen LogP) is 10.5. The van der Waals surface area contributed by atoms with E-state index in [2.05, 4.69) is 72.8 Å². The summed E-state index contributed by atoms with van der Waals surface area (Å²) in [5.41, 5.74) is 7.85. The van der Waals surface area contributed by atoms with E-state index in [0.29, 0.717) is 17.5 Å². The van der Waals surface area contributed by atoms with Gasteiger partial charge in [0, 0.05) is 55.5 Å². The highest BCUT2D eigenvalue weighted by Crippen LogP contribution is 2.42. The van der Waals surface area contributed by atoms with Crippen molar-refractivity contribution in [2.75, 3.05) is 0 Å². The van der Waals surface area contributed by atoms with Crippen molar-refractivity contribution in [3.63, 3.8) is 0 Å². The maximum atomic E-state index is 4.96. The average Bonchev–Trinajstić information content (AvgIpc) is 3.54. The fourth-order valence-electron chi connectivity index (χ4n) is 6.22. The van der Waals surface area contributed by atoms with Crippen LogP contribution in [0.25, 0.3) is 87.6 Å². The molecule has 47 heavy (non-hydrogen) atoms. The lowest BCUT2D eigenvalue weighted by Gasteiger charge is -2.13. The summed E-state index contributed by atoms with van der Waals surface area (Å²) in [6, 6.07) is 47.7. The van der Waals surface area contributed by atoms with Gasteiger partial charge in [0.15, 0.2) is 17.5 Å². The van der Waals surface area contributed by atoms with Crippen LogP contribution < -0.4 is 0 Å². The number of pyridine rings is 2. The Kier molecular flexibility index (Phi) is 6.58. The summed E-state index contributed by atoms with van der Waals surface area (Å²) in [6.45, 7) is 0. The lowest BCUT2D eigenvalue weighted by Crippen LogP contribution is -2.00. The molecule has 0 aliphatic carbocycles. The molecule has 0 unspecified atom stereocenters. The van der Waals surface area contributed by atoms with Crippen LogP contribution in [0.15, 0.2) is 152 Å². The normalized spacial score (nSPS) is 11.4. The second kappa shape index (κ2) is 11.4. The summed E-state index contributed by atoms with van der Waals surface area (Å²) in [4.78, 5) is 24.6. The molecule has 0 saturated heterocycles. The zero-order valence-corrected chi connectivity index (χ0v) is 25.9. The molecule has 9 rings (SSSR count). The van der Waals surface area contributed by atoms with E-state index in [1.165, 1.54) is 20.2 Å². The smallest absolute Gasteiger partial charge is 0.164 e. The van der Waals surface area contributed by atoms with E-state index >= 15 is 0 Å². The molecule has 0 amide bonds. The Hall–Kier alpha value is -6.11. The Morgan fingerprint density at radius 2 is 1.02 bits per heavy atom. The SMILES string of the molecule is c1ccc(-c2nc(-c3ccccc3)nc(-c3cccc(-c4ccc(-c5nccc6c5sc5ccccc56)c5ncccc45)c3)n2)cc1. The first-order valence-corrected chi connectivity index (χ1v) is 16.2. The molecule has 0 radical (unpaired) electrons. The Morgan fingerprint density at radius 3 is 1.79 bits per heavy atom. The maximum Gasteiger partial charge on any atom is 0.164 e. The summed E-state index contributed by atoms with van der Waals surface area (Å²) in [7, 11) is 0. The third-order valence-electron chi connectivity index (χ3n) is 8.45. The minimum Gasteiger partial charge on any atom is -0.256 e. The van der Waals surface area contributed by atoms with E-state index < -0.39 is 0 Å². The number of hydrogen-bond donors (Lipinski definition) is 0. The zero-order valence-electron chi connectivity index (χ0n) is 25.1. The van der Waals surface area contributed by atoms with Gasteiger partial charge in [-0.15, -0.1) is 11.3 Å². The molecule has 0 N–H and O–H groups in total. The average molecular weight is 620 g/mol. The molecule has 0 fully saturated rings. The van der Waals surface area contributed by atoms with E-state index in [1.54, 1.807) is 11.3 Å². The topological polar surface area (TPSA) is 64.5 Å². The van der Waals surface area contributed by atoms with E-state index in [0.717, 1.165) is 50.0 Å². The summed E-state index contributed by atoms with van der Waals surface area (Å²) >= 11 is 1.78. The monoisotopic (exact) mass is 619 g/mol. The first-order chi connectivity index (χ1) is 23.3. The maximum absolute atomic E-state index is 4.96. The zero-order chi connectivity index (χ0) is 31.2. The van der Waals surface area contributed by atoms with Gasteiger partial charge in [-0.05, 0) is 41.5 Å². The van der Waals surface area contributed by atoms with Gasteiger partial charge in [-0.25, -0.2) is 15.0 Å². The van der Waals surface area contributed by atoms with Crippen LogP contribution in [0.1, 0.15) is 0 Å².